The second kappa shape index (κ2) is 21.9. The lowest BCUT2D eigenvalue weighted by Gasteiger charge is -2.38. The van der Waals surface area contributed by atoms with Crippen molar-refractivity contribution in [2.24, 2.45) is 0 Å². The predicted molar refractivity (Wildman–Crippen MR) is 220 cm³/mol. The van der Waals surface area contributed by atoms with Crippen molar-refractivity contribution in [3.05, 3.63) is 46.5 Å². The van der Waals surface area contributed by atoms with Crippen LogP contribution in [-0.4, -0.2) is 105 Å². The number of imidazole rings is 1. The topological polar surface area (TPSA) is 162 Å². The number of rotatable bonds is 19. The molecule has 3 aromatic rings. The molecule has 1 aromatic carbocycles. The van der Waals surface area contributed by atoms with Gasteiger partial charge in [-0.2, -0.15) is 4.98 Å². The van der Waals surface area contributed by atoms with Crippen molar-refractivity contribution in [3.8, 4) is 5.75 Å². The number of fused-ring (bicyclic) bond motifs is 1. The number of aromatic nitrogens is 4. The first-order chi connectivity index (χ1) is 26.5. The van der Waals surface area contributed by atoms with E-state index in [1.807, 2.05) is 45.9 Å². The first kappa shape index (κ1) is 42.9. The summed E-state index contributed by atoms with van der Waals surface area (Å²) in [7, 11) is 5.07. The quantitative estimate of drug-likeness (QED) is 0.0620. The van der Waals surface area contributed by atoms with Gasteiger partial charge in [0.15, 0.2) is 24.0 Å². The number of ether oxygens (including phenoxy) is 3. The number of hydrogen-bond donors (Lipinski definition) is 3. The molecule has 4 rings (SSSR count). The lowest BCUT2D eigenvalue weighted by molar-refractivity contribution is -0.118. The number of nitrogens with one attached hydrogen (secondary N) is 2. The first-order valence-corrected chi connectivity index (χ1v) is 21.6. The van der Waals surface area contributed by atoms with Gasteiger partial charge in [0, 0.05) is 38.2 Å². The Labute approximate surface area is 332 Å². The van der Waals surface area contributed by atoms with Gasteiger partial charge in [0.25, 0.3) is 20.0 Å². The number of aliphatic hydroxyl groups excluding tert-OH is 1. The number of aliphatic hydroxyl groups is 1. The molecule has 3 heterocycles. The van der Waals surface area contributed by atoms with Crippen LogP contribution >= 0.6 is 30.1 Å². The summed E-state index contributed by atoms with van der Waals surface area (Å²) in [5, 5.41) is 6.12. The Balaban J connectivity index is 0.00000271. The van der Waals surface area contributed by atoms with E-state index in [0.29, 0.717) is 18.3 Å². The van der Waals surface area contributed by atoms with Gasteiger partial charge in [0.2, 0.25) is 7.38 Å². The normalized spacial score (nSPS) is 20.0. The average molecular weight is 816 g/mol. The molecule has 14 nitrogen and oxygen atoms in total. The zero-order valence-corrected chi connectivity index (χ0v) is 36.0. The van der Waals surface area contributed by atoms with Crippen molar-refractivity contribution in [1.29, 1.82) is 1.43 Å². The second-order valence-corrected chi connectivity index (χ2v) is 19.1. The summed E-state index contributed by atoms with van der Waals surface area (Å²) in [6, 6.07) is 7.81. The van der Waals surface area contributed by atoms with E-state index in [1.54, 1.807) is 11.7 Å². The Morgan fingerprint density at radius 1 is 1.19 bits per heavy atom. The minimum atomic E-state index is -1.56. The molecule has 1 aliphatic heterocycles. The Morgan fingerprint density at radius 2 is 1.87 bits per heavy atom. The Hall–Kier alpha value is -2.27. The van der Waals surface area contributed by atoms with Crippen LogP contribution in [0.15, 0.2) is 35.4 Å². The highest BCUT2D eigenvalue weighted by Gasteiger charge is 2.48. The third-order valence-electron chi connectivity index (χ3n) is 8.03. The molecular weight excluding hydrogens is 752 g/mol. The van der Waals surface area contributed by atoms with E-state index in [2.05, 4.69) is 92.4 Å². The number of carbonyl (C=O) groups is 1. The summed E-state index contributed by atoms with van der Waals surface area (Å²) in [5.41, 5.74) is 0.863. The summed E-state index contributed by atoms with van der Waals surface area (Å²) < 4.78 is 49.5. The van der Waals surface area contributed by atoms with Crippen LogP contribution in [-0.2, 0) is 23.3 Å². The van der Waals surface area contributed by atoms with E-state index >= 15 is 0 Å². The molecule has 304 valence electrons. The van der Waals surface area contributed by atoms with E-state index in [9.17, 15) is 9.59 Å². The molecule has 0 aliphatic carbocycles. The van der Waals surface area contributed by atoms with Crippen LogP contribution in [0.4, 0.5) is 5.95 Å². The highest BCUT2D eigenvalue weighted by molar-refractivity contribution is 8.77. The fourth-order valence-electron chi connectivity index (χ4n) is 5.60. The molecule has 1 aliphatic rings. The van der Waals surface area contributed by atoms with Crippen LogP contribution in [0.2, 0.25) is 0 Å². The standard InChI is InChI=1S/C36H57N6O7PS2.CH4O/c1-22(2)26-14-16-27(17-15-26)46-20-28(43)38-35-39-32-29(33(44)40-35)37-21-41(32)34-31(45-11)30(25(7)48-34)49-50(42(23(3)4)24(5)6)47-18-12-13-19-51-52-36(8,9)10;1-2/h14-17,21-25,30-31,34H,12-13,18-20H2,1-11H3,(H2,38,39,40,43,44);2H,1H3/t25-,30?,31+,34-,50?;/m1./s1/i7D;2T. The zero-order chi connectivity index (χ0) is 41.6. The number of H-pyrrole nitrogens is 1. The lowest BCUT2D eigenvalue weighted by atomic mass is 10.0. The van der Waals surface area contributed by atoms with Gasteiger partial charge in [0.05, 0.1) is 19.0 Å². The number of methoxy groups -OCH3 is 1. The van der Waals surface area contributed by atoms with Crippen LogP contribution in [0.5, 0.6) is 5.75 Å². The van der Waals surface area contributed by atoms with E-state index < -0.39 is 44.5 Å². The maximum atomic E-state index is 13.1. The van der Waals surface area contributed by atoms with E-state index in [4.69, 9.17) is 26.1 Å². The van der Waals surface area contributed by atoms with Gasteiger partial charge in [0.1, 0.15) is 18.0 Å². The summed E-state index contributed by atoms with van der Waals surface area (Å²) in [6.07, 6.45) is 0.493. The molecule has 17 heteroatoms. The van der Waals surface area contributed by atoms with Gasteiger partial charge in [-0.1, -0.05) is 68.3 Å². The summed E-state index contributed by atoms with van der Waals surface area (Å²) >= 11 is 0. The molecule has 54 heavy (non-hydrogen) atoms. The molecule has 1 saturated heterocycles. The Morgan fingerprint density at radius 3 is 2.46 bits per heavy atom. The maximum absolute atomic E-state index is 13.1. The molecule has 2 aromatic heterocycles. The summed E-state index contributed by atoms with van der Waals surface area (Å²) in [4.78, 5) is 37.3. The van der Waals surface area contributed by atoms with Crippen molar-refractivity contribution in [2.45, 2.75) is 129 Å². The number of benzene rings is 1. The molecule has 1 fully saturated rings. The van der Waals surface area contributed by atoms with Crippen molar-refractivity contribution in [1.82, 2.24) is 24.2 Å². The monoisotopic (exact) mass is 815 g/mol. The fourth-order valence-corrected chi connectivity index (χ4v) is 9.83. The third kappa shape index (κ3) is 13.2. The number of aromatic amines is 1. The predicted octanol–water partition coefficient (Wildman–Crippen LogP) is 7.51. The van der Waals surface area contributed by atoms with Crippen LogP contribution in [0, 0.1) is 0 Å². The van der Waals surface area contributed by atoms with Gasteiger partial charge in [-0.15, -0.1) is 0 Å². The molecular formula is C37H61N6O8PS2. The SMILES string of the molecule is [2H]C[C@H]1O[C@@H](n2cnc3c(=O)[nH]c(NC(=O)COc4ccc(C(C)C)cc4)nc32)[C@@H](OC)C1OP(OCCCCSSC(C)(C)C)N(C(C)C)C(C)C.[3H]OC. The highest BCUT2D eigenvalue weighted by atomic mass is 33.1. The minimum absolute atomic E-state index is 0.0603. The van der Waals surface area contributed by atoms with Crippen LogP contribution in [0.25, 0.3) is 11.2 Å². The smallest absolute Gasteiger partial charge is 0.280 e. The number of anilines is 1. The Kier molecular flexibility index (Phi) is 17.4. The van der Waals surface area contributed by atoms with Crippen LogP contribution in [0.1, 0.15) is 101 Å². The first-order valence-electron chi connectivity index (χ1n) is 19.3. The van der Waals surface area contributed by atoms with Crippen molar-refractivity contribution >= 4 is 53.1 Å². The summed E-state index contributed by atoms with van der Waals surface area (Å²) in [5.74, 6) is 1.39. The van der Waals surface area contributed by atoms with E-state index in [-0.39, 0.29) is 47.4 Å². The van der Waals surface area contributed by atoms with E-state index in [1.165, 1.54) is 13.4 Å². The molecule has 0 saturated carbocycles. The van der Waals surface area contributed by atoms with Gasteiger partial charge in [-0.25, -0.2) is 9.65 Å². The van der Waals surface area contributed by atoms with Gasteiger partial charge in [-0.05, 0) is 71.1 Å². The number of carbonyl (C=O) groups excluding carboxylic acids is 1. The fraction of sp³-hybridized carbons (Fsp3) is 0.676. The highest BCUT2D eigenvalue weighted by Crippen LogP contribution is 2.50. The zero-order valence-electron chi connectivity index (χ0n) is 35.5. The molecule has 0 radical (unpaired) electrons. The third-order valence-corrected chi connectivity index (χ3v) is 13.6. The molecule has 0 spiro atoms. The molecule has 1 amide bonds. The summed E-state index contributed by atoms with van der Waals surface area (Å²) in [6.45, 7) is 19.4. The van der Waals surface area contributed by atoms with Crippen molar-refractivity contribution in [2.75, 3.05) is 38.5 Å². The maximum Gasteiger partial charge on any atom is 0.280 e. The van der Waals surface area contributed by atoms with Crippen molar-refractivity contribution in [3.63, 3.8) is 0 Å². The number of unbranched alkanes of at least 4 members (excludes halogenated alkanes) is 1. The Bertz CT molecular complexity index is 1670. The lowest BCUT2D eigenvalue weighted by Crippen LogP contribution is -2.39. The average Bonchev–Trinajstić information content (AvgIpc) is 3.70. The number of amides is 1. The molecule has 5 atom stereocenters. The van der Waals surface area contributed by atoms with Gasteiger partial charge in [-0.3, -0.25) is 24.5 Å². The van der Waals surface area contributed by atoms with Crippen LogP contribution in [0.3, 0.4) is 0 Å². The van der Waals surface area contributed by atoms with Crippen molar-refractivity contribution < 1.29 is 34.5 Å². The van der Waals surface area contributed by atoms with Gasteiger partial charge >= 0.3 is 0 Å². The molecule has 0 bridgehead atoms. The molecule has 2 unspecified atom stereocenters. The second-order valence-electron chi connectivity index (χ2n) is 14.5. The van der Waals surface area contributed by atoms with Gasteiger partial charge < -0.3 is 28.4 Å². The largest absolute Gasteiger partial charge is 0.484 e. The van der Waals surface area contributed by atoms with Crippen LogP contribution < -0.4 is 15.6 Å². The van der Waals surface area contributed by atoms with E-state index in [0.717, 1.165) is 24.2 Å². The number of hydrogen-bond acceptors (Lipinski definition) is 13. The molecule has 3 N–H and O–H groups in total. The minimum Gasteiger partial charge on any atom is -0.484 e. The number of nitrogens with zero attached hydrogens (tertiary/aromatic N) is 4.